The van der Waals surface area contributed by atoms with Crippen LogP contribution in [0, 0.1) is 0 Å². The summed E-state index contributed by atoms with van der Waals surface area (Å²) in [6.07, 6.45) is 3.59. The van der Waals surface area contributed by atoms with Gasteiger partial charge in [-0.3, -0.25) is 0 Å². The first-order valence-electron chi connectivity index (χ1n) is 4.89. The van der Waals surface area contributed by atoms with Gasteiger partial charge in [-0.25, -0.2) is 0 Å². The third-order valence-electron chi connectivity index (χ3n) is 2.94. The Kier molecular flexibility index (Phi) is 3.15. The zero-order chi connectivity index (χ0) is 10.1. The Bertz CT molecular complexity index is 340. The first-order valence-corrected chi connectivity index (χ1v) is 6.06. The molecule has 3 heteroatoms. The Hall–Kier alpha value is -0.0500. The van der Waals surface area contributed by atoms with Crippen LogP contribution in [0.15, 0.2) is 22.7 Å². The maximum atomic E-state index is 6.05. The molecule has 1 saturated carbocycles. The van der Waals surface area contributed by atoms with Crippen molar-refractivity contribution >= 4 is 27.5 Å². The maximum Gasteiger partial charge on any atom is 0.0548 e. The zero-order valence-corrected chi connectivity index (χ0v) is 10.2. The molecule has 76 valence electrons. The van der Waals surface area contributed by atoms with E-state index in [1.165, 1.54) is 18.4 Å². The standard InChI is InChI=1S/C11H13BrClN/c12-9-6-7(4-5-10(9)13)8-2-1-3-11(8)14/h4-6,8,11H,1-3,14H2. The second kappa shape index (κ2) is 4.21. The van der Waals surface area contributed by atoms with Crippen molar-refractivity contribution in [3.05, 3.63) is 33.3 Å². The van der Waals surface area contributed by atoms with E-state index in [0.29, 0.717) is 12.0 Å². The highest BCUT2D eigenvalue weighted by molar-refractivity contribution is 9.10. The number of hydrogen-bond acceptors (Lipinski definition) is 1. The second-order valence-electron chi connectivity index (χ2n) is 3.87. The van der Waals surface area contributed by atoms with Crippen molar-refractivity contribution in [3.8, 4) is 0 Å². The first-order chi connectivity index (χ1) is 6.68. The molecule has 1 nitrogen and oxygen atoms in total. The highest BCUT2D eigenvalue weighted by atomic mass is 79.9. The molecule has 1 aromatic rings. The number of rotatable bonds is 1. The van der Waals surface area contributed by atoms with Gasteiger partial charge in [0.15, 0.2) is 0 Å². The first kappa shape index (κ1) is 10.5. The molecular formula is C11H13BrClN. The summed E-state index contributed by atoms with van der Waals surface area (Å²) >= 11 is 9.39. The summed E-state index contributed by atoms with van der Waals surface area (Å²) in [7, 11) is 0. The number of benzene rings is 1. The van der Waals surface area contributed by atoms with E-state index in [1.807, 2.05) is 6.07 Å². The fourth-order valence-corrected chi connectivity index (χ4v) is 2.66. The van der Waals surface area contributed by atoms with Gasteiger partial charge in [-0.1, -0.05) is 24.1 Å². The average Bonchev–Trinajstić information content (AvgIpc) is 2.57. The third-order valence-corrected chi connectivity index (χ3v) is 4.16. The molecule has 2 N–H and O–H groups in total. The molecule has 1 aromatic carbocycles. The van der Waals surface area contributed by atoms with Gasteiger partial charge >= 0.3 is 0 Å². The molecule has 0 radical (unpaired) electrons. The van der Waals surface area contributed by atoms with Crippen LogP contribution in [-0.2, 0) is 0 Å². The van der Waals surface area contributed by atoms with Crippen LogP contribution in [0.2, 0.25) is 5.02 Å². The van der Waals surface area contributed by atoms with Crippen molar-refractivity contribution < 1.29 is 0 Å². The summed E-state index contributed by atoms with van der Waals surface area (Å²) in [6, 6.07) is 6.44. The lowest BCUT2D eigenvalue weighted by atomic mass is 9.95. The Balaban J connectivity index is 2.28. The number of halogens is 2. The maximum absolute atomic E-state index is 6.05. The van der Waals surface area contributed by atoms with E-state index in [4.69, 9.17) is 17.3 Å². The lowest BCUT2D eigenvalue weighted by Gasteiger charge is -2.16. The van der Waals surface area contributed by atoms with E-state index in [2.05, 4.69) is 28.1 Å². The second-order valence-corrected chi connectivity index (χ2v) is 5.14. The van der Waals surface area contributed by atoms with Crippen LogP contribution in [0.1, 0.15) is 30.7 Å². The molecule has 2 unspecified atom stereocenters. The largest absolute Gasteiger partial charge is 0.327 e. The van der Waals surface area contributed by atoms with Gasteiger partial charge in [-0.15, -0.1) is 0 Å². The predicted octanol–water partition coefficient (Wildman–Crippen LogP) is 3.70. The van der Waals surface area contributed by atoms with Crippen LogP contribution in [0.3, 0.4) is 0 Å². The predicted molar refractivity (Wildman–Crippen MR) is 63.7 cm³/mol. The molecule has 2 atom stereocenters. The minimum Gasteiger partial charge on any atom is -0.327 e. The van der Waals surface area contributed by atoms with Gasteiger partial charge in [0.1, 0.15) is 0 Å². The average molecular weight is 275 g/mol. The molecule has 0 heterocycles. The van der Waals surface area contributed by atoms with Crippen molar-refractivity contribution in [1.82, 2.24) is 0 Å². The summed E-state index contributed by atoms with van der Waals surface area (Å²) in [5.41, 5.74) is 7.36. The highest BCUT2D eigenvalue weighted by Crippen LogP contribution is 2.35. The molecular weight excluding hydrogens is 261 g/mol. The molecule has 0 aromatic heterocycles. The van der Waals surface area contributed by atoms with Crippen molar-refractivity contribution in [2.45, 2.75) is 31.2 Å². The van der Waals surface area contributed by atoms with E-state index in [1.54, 1.807) is 0 Å². The zero-order valence-electron chi connectivity index (χ0n) is 7.84. The quantitative estimate of drug-likeness (QED) is 0.830. The van der Waals surface area contributed by atoms with Gasteiger partial charge in [0.2, 0.25) is 0 Å². The molecule has 0 aliphatic heterocycles. The van der Waals surface area contributed by atoms with Crippen LogP contribution in [0.5, 0.6) is 0 Å². The van der Waals surface area contributed by atoms with E-state index in [0.717, 1.165) is 15.9 Å². The summed E-state index contributed by atoms with van der Waals surface area (Å²) < 4.78 is 0.968. The lowest BCUT2D eigenvalue weighted by molar-refractivity contribution is 0.613. The van der Waals surface area contributed by atoms with Crippen molar-refractivity contribution in [2.75, 3.05) is 0 Å². The van der Waals surface area contributed by atoms with E-state index in [9.17, 15) is 0 Å². The Morgan fingerprint density at radius 1 is 1.36 bits per heavy atom. The molecule has 2 rings (SSSR count). The van der Waals surface area contributed by atoms with E-state index in [-0.39, 0.29) is 0 Å². The molecule has 14 heavy (non-hydrogen) atoms. The molecule has 0 saturated heterocycles. The highest BCUT2D eigenvalue weighted by Gasteiger charge is 2.25. The van der Waals surface area contributed by atoms with Gasteiger partial charge in [0.25, 0.3) is 0 Å². The van der Waals surface area contributed by atoms with Crippen LogP contribution >= 0.6 is 27.5 Å². The van der Waals surface area contributed by atoms with Crippen LogP contribution < -0.4 is 5.73 Å². The lowest BCUT2D eigenvalue weighted by Crippen LogP contribution is -2.22. The molecule has 1 aliphatic rings. The molecule has 0 spiro atoms. The van der Waals surface area contributed by atoms with Crippen LogP contribution in [0.4, 0.5) is 0 Å². The van der Waals surface area contributed by atoms with Gasteiger partial charge < -0.3 is 5.73 Å². The van der Waals surface area contributed by atoms with Gasteiger partial charge in [0, 0.05) is 10.5 Å². The summed E-state index contributed by atoms with van der Waals surface area (Å²) in [4.78, 5) is 0. The monoisotopic (exact) mass is 273 g/mol. The SMILES string of the molecule is NC1CCCC1c1ccc(Cl)c(Br)c1. The van der Waals surface area contributed by atoms with Crippen LogP contribution in [-0.4, -0.2) is 6.04 Å². The van der Waals surface area contributed by atoms with E-state index >= 15 is 0 Å². The van der Waals surface area contributed by atoms with Crippen molar-refractivity contribution in [1.29, 1.82) is 0 Å². The number of hydrogen-bond donors (Lipinski definition) is 1. The van der Waals surface area contributed by atoms with Crippen molar-refractivity contribution in [3.63, 3.8) is 0 Å². The van der Waals surface area contributed by atoms with Gasteiger partial charge in [0.05, 0.1) is 5.02 Å². The fraction of sp³-hybridized carbons (Fsp3) is 0.455. The Morgan fingerprint density at radius 2 is 2.14 bits per heavy atom. The molecule has 0 bridgehead atoms. The van der Waals surface area contributed by atoms with Gasteiger partial charge in [-0.2, -0.15) is 0 Å². The Morgan fingerprint density at radius 3 is 2.71 bits per heavy atom. The topological polar surface area (TPSA) is 26.0 Å². The van der Waals surface area contributed by atoms with E-state index < -0.39 is 0 Å². The molecule has 1 aliphatic carbocycles. The Labute approximate surface area is 97.8 Å². The minimum atomic E-state index is 0.322. The molecule has 0 amide bonds. The van der Waals surface area contributed by atoms with Crippen LogP contribution in [0.25, 0.3) is 0 Å². The minimum absolute atomic E-state index is 0.322. The summed E-state index contributed by atoms with van der Waals surface area (Å²) in [5, 5.41) is 0.764. The smallest absolute Gasteiger partial charge is 0.0548 e. The summed E-state index contributed by atoms with van der Waals surface area (Å²) in [6.45, 7) is 0. The van der Waals surface area contributed by atoms with Crippen molar-refractivity contribution in [2.24, 2.45) is 5.73 Å². The molecule has 1 fully saturated rings. The fourth-order valence-electron chi connectivity index (χ4n) is 2.15. The van der Waals surface area contributed by atoms with Gasteiger partial charge in [-0.05, 0) is 52.4 Å². The summed E-state index contributed by atoms with van der Waals surface area (Å²) in [5.74, 6) is 0.517. The number of nitrogens with two attached hydrogens (primary N) is 1. The third kappa shape index (κ3) is 1.97. The normalized spacial score (nSPS) is 26.8.